The van der Waals surface area contributed by atoms with E-state index in [0.717, 1.165) is 0 Å². The second-order valence-electron chi connectivity index (χ2n) is 4.18. The summed E-state index contributed by atoms with van der Waals surface area (Å²) in [5.74, 6) is 0.0766. The summed E-state index contributed by atoms with van der Waals surface area (Å²) in [7, 11) is 3.20. The number of anilines is 1. The SMILES string of the molecule is COCCN(C(=O)Cn1cnc(N)n1)C(C)COC. The third-order valence-electron chi connectivity index (χ3n) is 2.65. The van der Waals surface area contributed by atoms with Gasteiger partial charge in [0, 0.05) is 20.8 Å². The lowest BCUT2D eigenvalue weighted by Crippen LogP contribution is -2.44. The number of rotatable bonds is 8. The van der Waals surface area contributed by atoms with Crippen molar-refractivity contribution in [3.63, 3.8) is 0 Å². The van der Waals surface area contributed by atoms with Gasteiger partial charge in [-0.15, -0.1) is 5.10 Å². The quantitative estimate of drug-likeness (QED) is 0.676. The minimum absolute atomic E-state index is 0.0338. The Kier molecular flexibility index (Phi) is 6.23. The van der Waals surface area contributed by atoms with Crippen molar-refractivity contribution in [2.45, 2.75) is 19.5 Å². The maximum atomic E-state index is 12.2. The Labute approximate surface area is 112 Å². The molecule has 0 aliphatic heterocycles. The Morgan fingerprint density at radius 3 is 2.79 bits per heavy atom. The molecule has 1 rings (SSSR count). The Balaban J connectivity index is 2.64. The summed E-state index contributed by atoms with van der Waals surface area (Å²) in [6, 6.07) is -0.0338. The summed E-state index contributed by atoms with van der Waals surface area (Å²) in [6.07, 6.45) is 1.43. The standard InChI is InChI=1S/C11H21N5O3/c1-9(7-19-3)16(4-5-18-2)10(17)6-15-8-13-11(12)14-15/h8-9H,4-7H2,1-3H3,(H2,12,14). The first kappa shape index (κ1) is 15.4. The van der Waals surface area contributed by atoms with Crippen LogP contribution in [0.5, 0.6) is 0 Å². The van der Waals surface area contributed by atoms with Crippen molar-refractivity contribution in [1.29, 1.82) is 0 Å². The van der Waals surface area contributed by atoms with Gasteiger partial charge in [-0.05, 0) is 6.92 Å². The largest absolute Gasteiger partial charge is 0.383 e. The van der Waals surface area contributed by atoms with E-state index in [1.165, 1.54) is 11.0 Å². The van der Waals surface area contributed by atoms with Crippen LogP contribution in [0, 0.1) is 0 Å². The number of methoxy groups -OCH3 is 2. The smallest absolute Gasteiger partial charge is 0.244 e. The number of nitrogen functional groups attached to an aromatic ring is 1. The van der Waals surface area contributed by atoms with Crippen LogP contribution in [0.4, 0.5) is 5.95 Å². The Morgan fingerprint density at radius 1 is 1.53 bits per heavy atom. The molecule has 1 heterocycles. The number of nitrogens with zero attached hydrogens (tertiary/aromatic N) is 4. The van der Waals surface area contributed by atoms with Crippen molar-refractivity contribution in [2.24, 2.45) is 0 Å². The molecule has 108 valence electrons. The highest BCUT2D eigenvalue weighted by Gasteiger charge is 2.20. The van der Waals surface area contributed by atoms with E-state index in [1.54, 1.807) is 19.1 Å². The molecule has 1 aromatic rings. The maximum Gasteiger partial charge on any atom is 0.244 e. The van der Waals surface area contributed by atoms with Gasteiger partial charge >= 0.3 is 0 Å². The molecule has 0 aliphatic carbocycles. The highest BCUT2D eigenvalue weighted by Crippen LogP contribution is 2.03. The van der Waals surface area contributed by atoms with Gasteiger partial charge in [0.05, 0.1) is 19.3 Å². The fourth-order valence-electron chi connectivity index (χ4n) is 1.73. The first-order valence-electron chi connectivity index (χ1n) is 6.00. The van der Waals surface area contributed by atoms with Gasteiger partial charge in [0.1, 0.15) is 12.9 Å². The third kappa shape index (κ3) is 4.84. The molecule has 0 radical (unpaired) electrons. The highest BCUT2D eigenvalue weighted by atomic mass is 16.5. The number of carbonyl (C=O) groups is 1. The zero-order valence-corrected chi connectivity index (χ0v) is 11.6. The second kappa shape index (κ2) is 7.70. The first-order chi connectivity index (χ1) is 9.08. The van der Waals surface area contributed by atoms with Crippen LogP contribution >= 0.6 is 0 Å². The van der Waals surface area contributed by atoms with Crippen molar-refractivity contribution in [3.8, 4) is 0 Å². The van der Waals surface area contributed by atoms with E-state index in [9.17, 15) is 4.79 Å². The number of nitrogens with two attached hydrogens (primary N) is 1. The lowest BCUT2D eigenvalue weighted by atomic mass is 10.3. The number of ether oxygens (including phenoxy) is 2. The molecule has 19 heavy (non-hydrogen) atoms. The van der Waals surface area contributed by atoms with Gasteiger partial charge in [-0.3, -0.25) is 4.79 Å². The van der Waals surface area contributed by atoms with E-state index in [0.29, 0.717) is 19.8 Å². The van der Waals surface area contributed by atoms with Gasteiger partial charge in [0.25, 0.3) is 0 Å². The zero-order valence-electron chi connectivity index (χ0n) is 11.6. The molecule has 0 fully saturated rings. The Bertz CT molecular complexity index is 395. The maximum absolute atomic E-state index is 12.2. The molecule has 0 bridgehead atoms. The minimum Gasteiger partial charge on any atom is -0.383 e. The van der Waals surface area contributed by atoms with E-state index in [1.807, 2.05) is 6.92 Å². The summed E-state index contributed by atoms with van der Waals surface area (Å²) >= 11 is 0. The van der Waals surface area contributed by atoms with Gasteiger partial charge in [-0.1, -0.05) is 0 Å². The molecule has 0 spiro atoms. The van der Waals surface area contributed by atoms with E-state index >= 15 is 0 Å². The van der Waals surface area contributed by atoms with Crippen LogP contribution in [-0.2, 0) is 20.8 Å². The molecule has 8 nitrogen and oxygen atoms in total. The summed E-state index contributed by atoms with van der Waals surface area (Å²) in [4.78, 5) is 17.7. The predicted octanol–water partition coefficient (Wildman–Crippen LogP) is -0.630. The van der Waals surface area contributed by atoms with E-state index in [2.05, 4.69) is 10.1 Å². The molecular formula is C11H21N5O3. The van der Waals surface area contributed by atoms with Crippen molar-refractivity contribution < 1.29 is 14.3 Å². The van der Waals surface area contributed by atoms with Crippen LogP contribution in [0.2, 0.25) is 0 Å². The van der Waals surface area contributed by atoms with Crippen LogP contribution in [0.1, 0.15) is 6.92 Å². The average molecular weight is 271 g/mol. The van der Waals surface area contributed by atoms with Gasteiger partial charge in [0.15, 0.2) is 0 Å². The topological polar surface area (TPSA) is 95.5 Å². The van der Waals surface area contributed by atoms with Gasteiger partial charge in [-0.2, -0.15) is 0 Å². The molecule has 0 aliphatic rings. The van der Waals surface area contributed by atoms with E-state index in [-0.39, 0.29) is 24.4 Å². The number of aromatic nitrogens is 3. The highest BCUT2D eigenvalue weighted by molar-refractivity contribution is 5.76. The first-order valence-corrected chi connectivity index (χ1v) is 6.00. The van der Waals surface area contributed by atoms with Crippen molar-refractivity contribution >= 4 is 11.9 Å². The van der Waals surface area contributed by atoms with Gasteiger partial charge < -0.3 is 20.1 Å². The monoisotopic (exact) mass is 271 g/mol. The molecule has 0 saturated heterocycles. The molecule has 1 amide bonds. The van der Waals surface area contributed by atoms with Gasteiger partial charge in [0.2, 0.25) is 11.9 Å². The Morgan fingerprint density at radius 2 is 2.26 bits per heavy atom. The lowest BCUT2D eigenvalue weighted by Gasteiger charge is -2.28. The normalized spacial score (nSPS) is 12.4. The summed E-state index contributed by atoms with van der Waals surface area (Å²) in [5, 5.41) is 3.89. The van der Waals surface area contributed by atoms with Crippen molar-refractivity contribution in [1.82, 2.24) is 19.7 Å². The van der Waals surface area contributed by atoms with Crippen molar-refractivity contribution in [2.75, 3.05) is 39.7 Å². The van der Waals surface area contributed by atoms with Crippen LogP contribution in [-0.4, -0.2) is 65.6 Å². The molecule has 8 heteroatoms. The third-order valence-corrected chi connectivity index (χ3v) is 2.65. The van der Waals surface area contributed by atoms with Crippen LogP contribution < -0.4 is 5.73 Å². The molecule has 0 saturated carbocycles. The molecule has 1 aromatic heterocycles. The van der Waals surface area contributed by atoms with Gasteiger partial charge in [-0.25, -0.2) is 9.67 Å². The number of amides is 1. The summed E-state index contributed by atoms with van der Waals surface area (Å²) in [6.45, 7) is 3.47. The van der Waals surface area contributed by atoms with Crippen LogP contribution in [0.3, 0.4) is 0 Å². The molecular weight excluding hydrogens is 250 g/mol. The minimum atomic E-state index is -0.0773. The predicted molar refractivity (Wildman–Crippen MR) is 69.4 cm³/mol. The second-order valence-corrected chi connectivity index (χ2v) is 4.18. The average Bonchev–Trinajstić information content (AvgIpc) is 2.75. The summed E-state index contributed by atoms with van der Waals surface area (Å²) in [5.41, 5.74) is 5.41. The Hall–Kier alpha value is -1.67. The number of hydrogen-bond donors (Lipinski definition) is 1. The molecule has 0 aromatic carbocycles. The zero-order chi connectivity index (χ0) is 14.3. The molecule has 1 atom stereocenters. The van der Waals surface area contributed by atoms with Crippen LogP contribution in [0.25, 0.3) is 0 Å². The van der Waals surface area contributed by atoms with E-state index in [4.69, 9.17) is 15.2 Å². The van der Waals surface area contributed by atoms with Crippen molar-refractivity contribution in [3.05, 3.63) is 6.33 Å². The number of carbonyl (C=O) groups excluding carboxylic acids is 1. The summed E-state index contributed by atoms with van der Waals surface area (Å²) < 4.78 is 11.5. The fourth-order valence-corrected chi connectivity index (χ4v) is 1.73. The fraction of sp³-hybridized carbons (Fsp3) is 0.727. The lowest BCUT2D eigenvalue weighted by molar-refractivity contribution is -0.135. The number of hydrogen-bond acceptors (Lipinski definition) is 6. The van der Waals surface area contributed by atoms with Crippen LogP contribution in [0.15, 0.2) is 6.33 Å². The molecule has 1 unspecified atom stereocenters. The molecule has 2 N–H and O–H groups in total. The van der Waals surface area contributed by atoms with E-state index < -0.39 is 0 Å².